The summed E-state index contributed by atoms with van der Waals surface area (Å²) in [6, 6.07) is 3.58. The highest BCUT2D eigenvalue weighted by Crippen LogP contribution is 2.26. The summed E-state index contributed by atoms with van der Waals surface area (Å²) in [5, 5.41) is 18.3. The molecule has 9 heteroatoms. The zero-order chi connectivity index (χ0) is 19.6. The van der Waals surface area contributed by atoms with Crippen molar-refractivity contribution in [2.75, 3.05) is 0 Å². The summed E-state index contributed by atoms with van der Waals surface area (Å²) >= 11 is 6.27. The lowest BCUT2D eigenvalue weighted by atomic mass is 10.1. The lowest BCUT2D eigenvalue weighted by Gasteiger charge is -2.17. The fraction of sp³-hybridized carbons (Fsp3) is 0.444. The summed E-state index contributed by atoms with van der Waals surface area (Å²) in [6.45, 7) is 2.39. The third-order valence-electron chi connectivity index (χ3n) is 4.48. The van der Waals surface area contributed by atoms with Crippen molar-refractivity contribution in [1.29, 1.82) is 0 Å². The third-order valence-corrected chi connectivity index (χ3v) is 4.89. The van der Waals surface area contributed by atoms with Crippen LogP contribution >= 0.6 is 11.6 Å². The summed E-state index contributed by atoms with van der Waals surface area (Å²) in [6.07, 6.45) is 2.27. The minimum absolute atomic E-state index is 0.118. The fourth-order valence-electron chi connectivity index (χ4n) is 3.10. The molecular formula is C18H21ClN4O4. The topological polar surface area (TPSA) is 121 Å². The molecule has 8 nitrogen and oxygen atoms in total. The van der Waals surface area contributed by atoms with Crippen LogP contribution in [0.15, 0.2) is 21.7 Å². The van der Waals surface area contributed by atoms with Crippen LogP contribution < -0.4 is 11.2 Å². The number of unbranched alkanes of at least 4 members (excludes halogenated alkanes) is 3. The van der Waals surface area contributed by atoms with Crippen molar-refractivity contribution in [3.05, 3.63) is 43.6 Å². The minimum Gasteiger partial charge on any atom is -0.368 e. The van der Waals surface area contributed by atoms with Gasteiger partial charge in [0, 0.05) is 11.6 Å². The van der Waals surface area contributed by atoms with Crippen LogP contribution in [-0.4, -0.2) is 36.0 Å². The second-order valence-electron chi connectivity index (χ2n) is 6.58. The van der Waals surface area contributed by atoms with Gasteiger partial charge in [0.2, 0.25) is 0 Å². The molecule has 1 aromatic carbocycles. The van der Waals surface area contributed by atoms with E-state index in [4.69, 9.17) is 21.8 Å². The molecule has 3 N–H and O–H groups in total. The van der Waals surface area contributed by atoms with Crippen molar-refractivity contribution in [3.8, 4) is 11.5 Å². The molecule has 0 atom stereocenters. The molecule has 0 saturated carbocycles. The van der Waals surface area contributed by atoms with Gasteiger partial charge in [0.05, 0.1) is 11.0 Å². The number of H-pyrrole nitrogens is 1. The van der Waals surface area contributed by atoms with Crippen LogP contribution in [0.5, 0.6) is 0 Å². The summed E-state index contributed by atoms with van der Waals surface area (Å²) < 4.78 is 1.81. The summed E-state index contributed by atoms with van der Waals surface area (Å²) in [4.78, 5) is 34.4. The maximum absolute atomic E-state index is 12.2. The number of nitrogens with one attached hydrogen (secondary N) is 1. The summed E-state index contributed by atoms with van der Waals surface area (Å²) in [5.41, 5.74) is 1.00. The van der Waals surface area contributed by atoms with Crippen LogP contribution in [0.4, 0.5) is 0 Å². The Bertz CT molecular complexity index is 1040. The van der Waals surface area contributed by atoms with Gasteiger partial charge in [-0.3, -0.25) is 9.78 Å². The normalized spacial score (nSPS) is 11.7. The van der Waals surface area contributed by atoms with Crippen molar-refractivity contribution >= 4 is 22.6 Å². The molecule has 3 rings (SSSR count). The Morgan fingerprint density at radius 1 is 1.15 bits per heavy atom. The van der Waals surface area contributed by atoms with E-state index in [0.29, 0.717) is 35.4 Å². The number of aryl methyl sites for hydroxylation is 2. The number of fused-ring (bicyclic) bond motifs is 2. The first-order valence-electron chi connectivity index (χ1n) is 8.83. The largest absolute Gasteiger partial charge is 0.368 e. The number of hydrogen-bond donors (Lipinski definition) is 3. The molecule has 2 aliphatic rings. The van der Waals surface area contributed by atoms with Crippen LogP contribution in [0.1, 0.15) is 37.7 Å². The van der Waals surface area contributed by atoms with Crippen LogP contribution in [-0.2, 0) is 6.54 Å². The maximum atomic E-state index is 12.2. The molecule has 0 fully saturated rings. The second-order valence-corrected chi connectivity index (χ2v) is 6.99. The highest BCUT2D eigenvalue weighted by atomic mass is 35.5. The van der Waals surface area contributed by atoms with Gasteiger partial charge in [-0.05, 0) is 43.9 Å². The number of aromatic amines is 1. The van der Waals surface area contributed by atoms with Gasteiger partial charge in [-0.25, -0.2) is 9.78 Å². The molecule has 2 aliphatic heterocycles. The van der Waals surface area contributed by atoms with Crippen molar-refractivity contribution in [1.82, 2.24) is 19.5 Å². The molecule has 1 aromatic rings. The van der Waals surface area contributed by atoms with Gasteiger partial charge in [0.25, 0.3) is 5.56 Å². The first kappa shape index (κ1) is 19.5. The number of halogens is 1. The van der Waals surface area contributed by atoms with Gasteiger partial charge >= 0.3 is 5.69 Å². The lowest BCUT2D eigenvalue weighted by Crippen LogP contribution is -2.29. The Balaban J connectivity index is 1.98. The number of aromatic nitrogens is 4. The Hall–Kier alpha value is -2.29. The molecule has 0 radical (unpaired) electrons. The molecule has 0 amide bonds. The number of rotatable bonds is 7. The van der Waals surface area contributed by atoms with Gasteiger partial charge in [0.15, 0.2) is 17.8 Å². The van der Waals surface area contributed by atoms with Gasteiger partial charge in [0.1, 0.15) is 0 Å². The van der Waals surface area contributed by atoms with Crippen molar-refractivity contribution in [3.63, 3.8) is 0 Å². The van der Waals surface area contributed by atoms with E-state index in [1.165, 1.54) is 0 Å². The molecule has 0 unspecified atom stereocenters. The highest BCUT2D eigenvalue weighted by molar-refractivity contribution is 6.32. The number of nitrogens with zero attached hydrogens (tertiary/aromatic N) is 3. The van der Waals surface area contributed by atoms with E-state index in [0.717, 1.165) is 24.8 Å². The molecule has 0 saturated heterocycles. The summed E-state index contributed by atoms with van der Waals surface area (Å²) in [5.74, 6) is 0.238. The van der Waals surface area contributed by atoms with E-state index < -0.39 is 17.5 Å². The molecule has 0 bridgehead atoms. The quantitative estimate of drug-likeness (QED) is 0.320. The Labute approximate surface area is 159 Å². The molecule has 2 heterocycles. The average Bonchev–Trinajstić information content (AvgIpc) is 2.59. The summed E-state index contributed by atoms with van der Waals surface area (Å²) in [7, 11) is 0. The SMILES string of the molecule is Cc1cc2nc3c(=O)[nH]c(=O)nc-3n(CCCCCCC(O)O)c2cc1Cl. The molecule has 144 valence electrons. The second kappa shape index (κ2) is 8.16. The van der Waals surface area contributed by atoms with Crippen LogP contribution in [0.3, 0.4) is 0 Å². The number of aliphatic hydroxyl groups is 2. The van der Waals surface area contributed by atoms with Gasteiger partial charge in [-0.2, -0.15) is 4.98 Å². The number of benzene rings is 1. The standard InChI is InChI=1S/C18H21ClN4O4/c1-10-8-12-13(9-11(10)19)23(7-5-3-2-4-6-14(24)25)16-15(20-12)17(26)22-18(27)21-16/h8-9,14,24-25H,2-7H2,1H3,(H,22,26,27). The fourth-order valence-corrected chi connectivity index (χ4v) is 3.25. The Morgan fingerprint density at radius 2 is 1.89 bits per heavy atom. The third kappa shape index (κ3) is 4.35. The van der Waals surface area contributed by atoms with Gasteiger partial charge in [-0.15, -0.1) is 0 Å². The monoisotopic (exact) mass is 392 g/mol. The van der Waals surface area contributed by atoms with Crippen LogP contribution in [0.2, 0.25) is 5.02 Å². The van der Waals surface area contributed by atoms with Crippen LogP contribution in [0, 0.1) is 6.92 Å². The van der Waals surface area contributed by atoms with E-state index in [1.807, 2.05) is 6.92 Å². The lowest BCUT2D eigenvalue weighted by molar-refractivity contribution is -0.0466. The molecule has 27 heavy (non-hydrogen) atoms. The van der Waals surface area contributed by atoms with E-state index in [2.05, 4.69) is 15.0 Å². The van der Waals surface area contributed by atoms with E-state index in [9.17, 15) is 9.59 Å². The van der Waals surface area contributed by atoms with E-state index in [-0.39, 0.29) is 11.5 Å². The zero-order valence-electron chi connectivity index (χ0n) is 14.9. The molecule has 0 spiro atoms. The number of aliphatic hydroxyl groups excluding tert-OH is 1. The first-order chi connectivity index (χ1) is 12.9. The predicted octanol–water partition coefficient (Wildman–Crippen LogP) is 1.81. The van der Waals surface area contributed by atoms with Crippen molar-refractivity contribution in [2.45, 2.75) is 51.9 Å². The molecular weight excluding hydrogens is 372 g/mol. The van der Waals surface area contributed by atoms with Gasteiger partial charge in [-0.1, -0.05) is 24.4 Å². The van der Waals surface area contributed by atoms with Crippen LogP contribution in [0.25, 0.3) is 22.6 Å². The number of hydrogen-bond acceptors (Lipinski definition) is 6. The molecule has 0 aliphatic carbocycles. The average molecular weight is 393 g/mol. The Kier molecular flexibility index (Phi) is 5.88. The maximum Gasteiger partial charge on any atom is 0.349 e. The van der Waals surface area contributed by atoms with Crippen molar-refractivity contribution in [2.24, 2.45) is 0 Å². The Morgan fingerprint density at radius 3 is 2.63 bits per heavy atom. The highest BCUT2D eigenvalue weighted by Gasteiger charge is 2.19. The predicted molar refractivity (Wildman–Crippen MR) is 102 cm³/mol. The smallest absolute Gasteiger partial charge is 0.349 e. The van der Waals surface area contributed by atoms with Gasteiger partial charge < -0.3 is 14.8 Å². The minimum atomic E-state index is -1.27. The van der Waals surface area contributed by atoms with Crippen molar-refractivity contribution < 1.29 is 10.2 Å². The first-order valence-corrected chi connectivity index (χ1v) is 9.21. The molecule has 0 aromatic heterocycles. The van der Waals surface area contributed by atoms with E-state index >= 15 is 0 Å². The van der Waals surface area contributed by atoms with E-state index in [1.54, 1.807) is 16.7 Å². The zero-order valence-corrected chi connectivity index (χ0v) is 15.7.